The van der Waals surface area contributed by atoms with Crippen LogP contribution >= 0.6 is 11.3 Å². The van der Waals surface area contributed by atoms with Gasteiger partial charge in [0, 0.05) is 13.1 Å². The Morgan fingerprint density at radius 1 is 1.17 bits per heavy atom. The molecule has 2 fully saturated rings. The van der Waals surface area contributed by atoms with Gasteiger partial charge >= 0.3 is 12.1 Å². The number of fused-ring (bicyclic) bond motifs is 1. The summed E-state index contributed by atoms with van der Waals surface area (Å²) in [5.74, 6) is -1.56. The molecule has 7 nitrogen and oxygen atoms in total. The predicted molar refractivity (Wildman–Crippen MR) is 104 cm³/mol. The fourth-order valence-electron chi connectivity index (χ4n) is 3.79. The number of hydrogen-bond acceptors (Lipinski definition) is 6. The Balaban J connectivity index is 0.000000318. The molecule has 2 aliphatic rings. The van der Waals surface area contributed by atoms with E-state index < -0.39 is 12.1 Å². The smallest absolute Gasteiger partial charge is 0.475 e. The fraction of sp³-hybridized carbons (Fsp3) is 0.474. The summed E-state index contributed by atoms with van der Waals surface area (Å²) in [4.78, 5) is 25.9. The molecule has 0 radical (unpaired) electrons. The van der Waals surface area contributed by atoms with Crippen LogP contribution in [0.5, 0.6) is 0 Å². The van der Waals surface area contributed by atoms with Gasteiger partial charge in [-0.2, -0.15) is 29.6 Å². The minimum Gasteiger partial charge on any atom is -0.475 e. The van der Waals surface area contributed by atoms with E-state index in [1.54, 1.807) is 11.3 Å². The van der Waals surface area contributed by atoms with Crippen LogP contribution in [0.4, 0.5) is 19.0 Å². The number of carbonyl (C=O) groups is 2. The molecule has 2 saturated heterocycles. The van der Waals surface area contributed by atoms with E-state index in [-0.39, 0.29) is 5.91 Å². The van der Waals surface area contributed by atoms with Crippen LogP contribution in [-0.2, 0) is 16.0 Å². The Kier molecular flexibility index (Phi) is 6.59. The number of hydrogen-bond donors (Lipinski definition) is 1. The molecule has 2 aromatic rings. The lowest BCUT2D eigenvalue weighted by molar-refractivity contribution is -0.192. The Bertz CT molecular complexity index is 874. The Morgan fingerprint density at radius 3 is 2.43 bits per heavy atom. The first kappa shape index (κ1) is 22.0. The Hall–Kier alpha value is -2.69. The van der Waals surface area contributed by atoms with Crippen LogP contribution in [0.1, 0.15) is 24.1 Å². The van der Waals surface area contributed by atoms with Gasteiger partial charge in [-0.25, -0.2) is 4.79 Å². The van der Waals surface area contributed by atoms with Crippen molar-refractivity contribution in [3.05, 3.63) is 40.2 Å². The highest BCUT2D eigenvalue weighted by Gasteiger charge is 2.44. The molecule has 2 aliphatic heterocycles. The van der Waals surface area contributed by atoms with Crippen LogP contribution in [0.3, 0.4) is 0 Å². The van der Waals surface area contributed by atoms with Crippen LogP contribution in [-0.4, -0.2) is 63.4 Å². The number of aryl methyl sites for hydroxylation is 1. The maximum Gasteiger partial charge on any atom is 0.490 e. The number of amides is 1. The number of anilines is 1. The number of halogens is 3. The van der Waals surface area contributed by atoms with Crippen LogP contribution in [0, 0.1) is 6.92 Å². The monoisotopic (exact) mass is 442 g/mol. The number of thiophene rings is 1. The van der Waals surface area contributed by atoms with Crippen LogP contribution < -0.4 is 4.90 Å². The molecule has 0 aromatic carbocycles. The first-order chi connectivity index (χ1) is 14.2. The maximum absolute atomic E-state index is 12.6. The minimum atomic E-state index is -5.08. The van der Waals surface area contributed by atoms with Gasteiger partial charge in [-0.3, -0.25) is 4.79 Å². The SMILES string of the molecule is Cc1ccc(N2CC[C@@H]3[C@@H]2CCN3C(=O)Cc2ccsc2)nn1.O=C(O)C(F)(F)F. The molecule has 2 atom stereocenters. The molecule has 0 bridgehead atoms. The summed E-state index contributed by atoms with van der Waals surface area (Å²) in [5, 5.41) is 19.7. The zero-order chi connectivity index (χ0) is 21.9. The number of alkyl halides is 3. The summed E-state index contributed by atoms with van der Waals surface area (Å²) in [6, 6.07) is 6.80. The summed E-state index contributed by atoms with van der Waals surface area (Å²) >= 11 is 1.65. The van der Waals surface area contributed by atoms with Gasteiger partial charge in [0.1, 0.15) is 0 Å². The quantitative estimate of drug-likeness (QED) is 0.787. The first-order valence-corrected chi connectivity index (χ1v) is 10.3. The van der Waals surface area contributed by atoms with E-state index >= 15 is 0 Å². The van der Waals surface area contributed by atoms with Gasteiger partial charge in [0.2, 0.25) is 5.91 Å². The van der Waals surface area contributed by atoms with E-state index in [2.05, 4.69) is 25.4 Å². The van der Waals surface area contributed by atoms with E-state index in [1.807, 2.05) is 30.5 Å². The lowest BCUT2D eigenvalue weighted by Gasteiger charge is -2.26. The molecule has 1 amide bonds. The van der Waals surface area contributed by atoms with E-state index in [4.69, 9.17) is 9.90 Å². The highest BCUT2D eigenvalue weighted by molar-refractivity contribution is 7.08. The normalized spacial score (nSPS) is 20.5. The average molecular weight is 442 g/mol. The van der Waals surface area contributed by atoms with Crippen molar-refractivity contribution in [1.29, 1.82) is 0 Å². The first-order valence-electron chi connectivity index (χ1n) is 9.34. The summed E-state index contributed by atoms with van der Waals surface area (Å²) < 4.78 is 31.7. The lowest BCUT2D eigenvalue weighted by Crippen LogP contribution is -2.40. The van der Waals surface area contributed by atoms with Crippen molar-refractivity contribution >= 4 is 29.0 Å². The van der Waals surface area contributed by atoms with E-state index in [0.29, 0.717) is 18.5 Å². The van der Waals surface area contributed by atoms with Crippen LogP contribution in [0.2, 0.25) is 0 Å². The van der Waals surface area contributed by atoms with Crippen molar-refractivity contribution in [3.8, 4) is 0 Å². The largest absolute Gasteiger partial charge is 0.490 e. The molecule has 0 spiro atoms. The van der Waals surface area contributed by atoms with E-state index in [9.17, 15) is 18.0 Å². The minimum absolute atomic E-state index is 0.257. The molecule has 4 heterocycles. The molecule has 30 heavy (non-hydrogen) atoms. The van der Waals surface area contributed by atoms with Crippen LogP contribution in [0.15, 0.2) is 29.0 Å². The number of aliphatic carboxylic acids is 1. The Labute approximate surface area is 175 Å². The fourth-order valence-corrected chi connectivity index (χ4v) is 4.46. The summed E-state index contributed by atoms with van der Waals surface area (Å²) in [6.07, 6.45) is -2.51. The number of nitrogens with zero attached hydrogens (tertiary/aromatic N) is 4. The summed E-state index contributed by atoms with van der Waals surface area (Å²) in [7, 11) is 0. The second-order valence-corrected chi connectivity index (χ2v) is 7.92. The molecule has 0 unspecified atom stereocenters. The van der Waals surface area contributed by atoms with Crippen molar-refractivity contribution in [2.75, 3.05) is 18.0 Å². The van der Waals surface area contributed by atoms with Crippen molar-refractivity contribution in [2.24, 2.45) is 0 Å². The molecule has 162 valence electrons. The third-order valence-electron chi connectivity index (χ3n) is 5.15. The maximum atomic E-state index is 12.6. The average Bonchev–Trinajstić information content (AvgIpc) is 3.39. The molecular weight excluding hydrogens is 421 g/mol. The van der Waals surface area contributed by atoms with E-state index in [0.717, 1.165) is 43.0 Å². The second kappa shape index (κ2) is 8.99. The molecule has 0 saturated carbocycles. The van der Waals surface area contributed by atoms with Crippen molar-refractivity contribution < 1.29 is 27.9 Å². The van der Waals surface area contributed by atoms with E-state index in [1.165, 1.54) is 0 Å². The zero-order valence-corrected chi connectivity index (χ0v) is 17.0. The van der Waals surface area contributed by atoms with Gasteiger partial charge in [-0.15, -0.1) is 5.10 Å². The number of rotatable bonds is 3. The van der Waals surface area contributed by atoms with Gasteiger partial charge in [0.05, 0.1) is 24.2 Å². The number of likely N-dealkylation sites (tertiary alicyclic amines) is 1. The number of carbonyl (C=O) groups excluding carboxylic acids is 1. The molecule has 4 rings (SSSR count). The highest BCUT2D eigenvalue weighted by Crippen LogP contribution is 2.34. The number of carboxylic acids is 1. The van der Waals surface area contributed by atoms with Crippen molar-refractivity contribution in [2.45, 2.75) is 44.4 Å². The van der Waals surface area contributed by atoms with Gasteiger partial charge in [-0.05, 0) is 54.3 Å². The summed E-state index contributed by atoms with van der Waals surface area (Å²) in [6.45, 7) is 3.76. The lowest BCUT2D eigenvalue weighted by atomic mass is 10.1. The molecule has 11 heteroatoms. The molecule has 1 N–H and O–H groups in total. The van der Waals surface area contributed by atoms with Gasteiger partial charge < -0.3 is 14.9 Å². The third kappa shape index (κ3) is 5.07. The van der Waals surface area contributed by atoms with Crippen LogP contribution in [0.25, 0.3) is 0 Å². The summed E-state index contributed by atoms with van der Waals surface area (Å²) in [5.41, 5.74) is 2.06. The number of aromatic nitrogens is 2. The standard InChI is InChI=1S/C17H20N4OS.C2HF3O2/c1-12-2-3-16(19-18-12)20-7-4-15-14(20)5-8-21(15)17(22)10-13-6-9-23-11-13;3-2(4,5)1(6)7/h2-3,6,9,11,14-15H,4-5,7-8,10H2,1H3;(H,6,7)/t14-,15+;/m0./s1. The van der Waals surface area contributed by atoms with Crippen molar-refractivity contribution in [3.63, 3.8) is 0 Å². The Morgan fingerprint density at radius 2 is 1.87 bits per heavy atom. The second-order valence-electron chi connectivity index (χ2n) is 7.14. The third-order valence-corrected chi connectivity index (χ3v) is 5.88. The molecule has 0 aliphatic carbocycles. The van der Waals surface area contributed by atoms with Gasteiger partial charge in [-0.1, -0.05) is 0 Å². The van der Waals surface area contributed by atoms with Gasteiger partial charge in [0.25, 0.3) is 0 Å². The zero-order valence-electron chi connectivity index (χ0n) is 16.2. The van der Waals surface area contributed by atoms with Gasteiger partial charge in [0.15, 0.2) is 5.82 Å². The molecular formula is C19H21F3N4O3S. The predicted octanol–water partition coefficient (Wildman–Crippen LogP) is 2.90. The topological polar surface area (TPSA) is 86.6 Å². The molecule has 2 aromatic heterocycles. The highest BCUT2D eigenvalue weighted by atomic mass is 32.1. The number of carboxylic acid groups (broad SMARTS) is 1. The van der Waals surface area contributed by atoms with Crippen molar-refractivity contribution in [1.82, 2.24) is 15.1 Å².